The SMILES string of the molecule is FC1(F)CCN(c2nc(NC3=CC=C3)nc3c2nnn3Cc2ccccc2Cl)C1. The minimum atomic E-state index is -2.75. The lowest BCUT2D eigenvalue weighted by Gasteiger charge is -2.18. The van der Waals surface area contributed by atoms with Crippen LogP contribution in [-0.4, -0.2) is 44.0 Å². The van der Waals surface area contributed by atoms with Gasteiger partial charge in [0.25, 0.3) is 5.92 Å². The maximum Gasteiger partial charge on any atom is 0.266 e. The van der Waals surface area contributed by atoms with E-state index in [-0.39, 0.29) is 13.0 Å². The second kappa shape index (κ2) is 6.77. The Bertz CT molecular complexity index is 1150. The number of halogens is 3. The number of hydrogen-bond acceptors (Lipinski definition) is 6. The van der Waals surface area contributed by atoms with Crippen LogP contribution in [-0.2, 0) is 6.54 Å². The van der Waals surface area contributed by atoms with E-state index in [4.69, 9.17) is 11.6 Å². The van der Waals surface area contributed by atoms with Crippen LogP contribution in [0.1, 0.15) is 12.0 Å². The van der Waals surface area contributed by atoms with E-state index in [1.165, 1.54) is 4.90 Å². The second-order valence-electron chi connectivity index (χ2n) is 7.02. The fourth-order valence-corrected chi connectivity index (χ4v) is 3.53. The molecule has 1 fully saturated rings. The molecular formula is C19H16ClF2N7. The van der Waals surface area contributed by atoms with Crippen molar-refractivity contribution in [2.75, 3.05) is 23.3 Å². The third-order valence-electron chi connectivity index (χ3n) is 4.90. The number of fused-ring (bicyclic) bond motifs is 1. The van der Waals surface area contributed by atoms with Gasteiger partial charge in [0.2, 0.25) is 5.95 Å². The minimum Gasteiger partial charge on any atom is -0.348 e. The van der Waals surface area contributed by atoms with Gasteiger partial charge in [-0.25, -0.2) is 13.5 Å². The van der Waals surface area contributed by atoms with Crippen molar-refractivity contribution >= 4 is 34.5 Å². The molecule has 1 aliphatic heterocycles. The molecular weight excluding hydrogens is 400 g/mol. The summed E-state index contributed by atoms with van der Waals surface area (Å²) in [5.74, 6) is -2.09. The van der Waals surface area contributed by atoms with Crippen molar-refractivity contribution in [1.82, 2.24) is 25.0 Å². The molecule has 29 heavy (non-hydrogen) atoms. The Morgan fingerprint density at radius 3 is 2.72 bits per heavy atom. The normalized spacial score (nSPS) is 17.5. The average Bonchev–Trinajstić information content (AvgIpc) is 3.23. The molecule has 0 bridgehead atoms. The summed E-state index contributed by atoms with van der Waals surface area (Å²) in [6.07, 6.45) is 5.40. The van der Waals surface area contributed by atoms with E-state index in [0.29, 0.717) is 34.5 Å². The first-order valence-electron chi connectivity index (χ1n) is 9.11. The molecule has 3 aromatic rings. The molecule has 0 unspecified atom stereocenters. The van der Waals surface area contributed by atoms with Gasteiger partial charge in [-0.05, 0) is 23.8 Å². The van der Waals surface area contributed by atoms with Gasteiger partial charge in [0.15, 0.2) is 17.0 Å². The largest absolute Gasteiger partial charge is 0.348 e. The van der Waals surface area contributed by atoms with E-state index in [1.54, 1.807) is 10.7 Å². The Morgan fingerprint density at radius 2 is 2.03 bits per heavy atom. The van der Waals surface area contributed by atoms with E-state index >= 15 is 0 Å². The smallest absolute Gasteiger partial charge is 0.266 e. The van der Waals surface area contributed by atoms with Crippen LogP contribution in [0.15, 0.2) is 48.2 Å². The fraction of sp³-hybridized carbons (Fsp3) is 0.263. The monoisotopic (exact) mass is 415 g/mol. The van der Waals surface area contributed by atoms with Gasteiger partial charge in [-0.2, -0.15) is 9.97 Å². The molecule has 2 aromatic heterocycles. The summed E-state index contributed by atoms with van der Waals surface area (Å²) in [6.45, 7) is 0.141. The van der Waals surface area contributed by atoms with E-state index < -0.39 is 12.5 Å². The number of rotatable bonds is 5. The number of nitrogens with one attached hydrogen (secondary N) is 1. The molecule has 7 nitrogen and oxygen atoms in total. The average molecular weight is 416 g/mol. The molecule has 1 saturated heterocycles. The van der Waals surface area contributed by atoms with Crippen molar-refractivity contribution < 1.29 is 8.78 Å². The van der Waals surface area contributed by atoms with Gasteiger partial charge in [-0.15, -0.1) is 5.10 Å². The van der Waals surface area contributed by atoms with Gasteiger partial charge in [0.1, 0.15) is 0 Å². The highest BCUT2D eigenvalue weighted by Gasteiger charge is 2.40. The summed E-state index contributed by atoms with van der Waals surface area (Å²) in [5, 5.41) is 12.1. The molecule has 2 aliphatic rings. The zero-order chi connectivity index (χ0) is 20.0. The maximum absolute atomic E-state index is 13.8. The standard InChI is InChI=1S/C19H16ClF2N7/c20-14-7-2-1-4-12(14)10-29-17-15(26-27-29)16(28-9-8-19(21,22)11-28)24-18(25-17)23-13-5-3-6-13/h1-7H,8-11H2,(H,23,24,25). The summed E-state index contributed by atoms with van der Waals surface area (Å²) >= 11 is 6.27. The van der Waals surface area contributed by atoms with Crippen molar-refractivity contribution in [3.63, 3.8) is 0 Å². The Balaban J connectivity index is 1.58. The Hall–Kier alpha value is -3.07. The predicted octanol–water partition coefficient (Wildman–Crippen LogP) is 3.63. The van der Waals surface area contributed by atoms with Gasteiger partial charge in [-0.3, -0.25) is 0 Å². The molecule has 1 N–H and O–H groups in total. The van der Waals surface area contributed by atoms with E-state index in [9.17, 15) is 8.78 Å². The van der Waals surface area contributed by atoms with Crippen molar-refractivity contribution in [2.45, 2.75) is 18.9 Å². The number of aromatic nitrogens is 5. The molecule has 10 heteroatoms. The van der Waals surface area contributed by atoms with Crippen LogP contribution in [0.3, 0.4) is 0 Å². The Kier molecular flexibility index (Phi) is 4.20. The van der Waals surface area contributed by atoms with Crippen molar-refractivity contribution in [3.8, 4) is 0 Å². The second-order valence-corrected chi connectivity index (χ2v) is 7.42. The zero-order valence-electron chi connectivity index (χ0n) is 15.2. The Labute approximate surface area is 169 Å². The minimum absolute atomic E-state index is 0.193. The molecule has 0 saturated carbocycles. The number of alkyl halides is 2. The van der Waals surface area contributed by atoms with Gasteiger partial charge in [0, 0.05) is 23.7 Å². The number of benzene rings is 1. The van der Waals surface area contributed by atoms with Crippen LogP contribution in [0.25, 0.3) is 11.2 Å². The Morgan fingerprint density at radius 1 is 1.21 bits per heavy atom. The van der Waals surface area contributed by atoms with Crippen molar-refractivity contribution in [2.24, 2.45) is 0 Å². The molecule has 0 atom stereocenters. The molecule has 1 aromatic carbocycles. The van der Waals surface area contributed by atoms with E-state index in [0.717, 1.165) is 11.3 Å². The van der Waals surface area contributed by atoms with E-state index in [2.05, 4.69) is 25.6 Å². The lowest BCUT2D eigenvalue weighted by molar-refractivity contribution is 0.0257. The maximum atomic E-state index is 13.8. The molecule has 0 spiro atoms. The van der Waals surface area contributed by atoms with Crippen LogP contribution < -0.4 is 10.2 Å². The molecule has 1 aliphatic carbocycles. The number of anilines is 2. The molecule has 3 heterocycles. The van der Waals surface area contributed by atoms with Gasteiger partial charge in [0.05, 0.1) is 13.1 Å². The number of hydrogen-bond donors (Lipinski definition) is 1. The van der Waals surface area contributed by atoms with Crippen LogP contribution >= 0.6 is 11.6 Å². The molecule has 148 valence electrons. The van der Waals surface area contributed by atoms with Crippen LogP contribution in [0.4, 0.5) is 20.5 Å². The highest BCUT2D eigenvalue weighted by atomic mass is 35.5. The van der Waals surface area contributed by atoms with Gasteiger partial charge < -0.3 is 10.2 Å². The third kappa shape index (κ3) is 3.42. The first-order chi connectivity index (χ1) is 14.0. The molecule has 0 radical (unpaired) electrons. The van der Waals surface area contributed by atoms with Crippen LogP contribution in [0.2, 0.25) is 5.02 Å². The fourth-order valence-electron chi connectivity index (χ4n) is 3.33. The van der Waals surface area contributed by atoms with Gasteiger partial charge >= 0.3 is 0 Å². The number of nitrogens with zero attached hydrogens (tertiary/aromatic N) is 6. The quantitative estimate of drug-likeness (QED) is 0.686. The summed E-state index contributed by atoms with van der Waals surface area (Å²) in [6, 6.07) is 7.42. The summed E-state index contributed by atoms with van der Waals surface area (Å²) < 4.78 is 29.2. The first-order valence-corrected chi connectivity index (χ1v) is 9.49. The first kappa shape index (κ1) is 18.0. The van der Waals surface area contributed by atoms with E-state index in [1.807, 2.05) is 36.4 Å². The summed E-state index contributed by atoms with van der Waals surface area (Å²) in [4.78, 5) is 10.5. The summed E-state index contributed by atoms with van der Waals surface area (Å²) in [7, 11) is 0. The lowest BCUT2D eigenvalue weighted by atomic mass is 10.2. The highest BCUT2D eigenvalue weighted by molar-refractivity contribution is 6.31. The topological polar surface area (TPSA) is 71.8 Å². The number of allylic oxidation sites excluding steroid dienone is 3. The van der Waals surface area contributed by atoms with Crippen LogP contribution in [0.5, 0.6) is 0 Å². The van der Waals surface area contributed by atoms with Gasteiger partial charge in [-0.1, -0.05) is 41.1 Å². The summed E-state index contributed by atoms with van der Waals surface area (Å²) in [5.41, 5.74) is 2.54. The molecule has 0 amide bonds. The highest BCUT2D eigenvalue weighted by Crippen LogP contribution is 2.33. The zero-order valence-corrected chi connectivity index (χ0v) is 15.9. The van der Waals surface area contributed by atoms with Crippen molar-refractivity contribution in [1.29, 1.82) is 0 Å². The lowest BCUT2D eigenvalue weighted by Crippen LogP contribution is -2.26. The predicted molar refractivity (Wildman–Crippen MR) is 106 cm³/mol. The molecule has 5 rings (SSSR count). The van der Waals surface area contributed by atoms with Crippen LogP contribution in [0, 0.1) is 0 Å². The third-order valence-corrected chi connectivity index (χ3v) is 5.27. The van der Waals surface area contributed by atoms with Crippen molar-refractivity contribution in [3.05, 3.63) is 58.8 Å².